The lowest BCUT2D eigenvalue weighted by atomic mass is 9.94. The van der Waals surface area contributed by atoms with E-state index in [0.717, 1.165) is 5.69 Å². The molecule has 1 aliphatic heterocycles. The number of rotatable bonds is 3. The zero-order valence-electron chi connectivity index (χ0n) is 14.2. The van der Waals surface area contributed by atoms with Crippen LogP contribution in [0.3, 0.4) is 0 Å². The third-order valence-corrected chi connectivity index (χ3v) is 5.04. The average Bonchev–Trinajstić information content (AvgIpc) is 2.67. The summed E-state index contributed by atoms with van der Waals surface area (Å²) in [6.45, 7) is 1.15. The van der Waals surface area contributed by atoms with Crippen LogP contribution in [-0.2, 0) is 4.79 Å². The quantitative estimate of drug-likeness (QED) is 0.838. The van der Waals surface area contributed by atoms with E-state index in [-0.39, 0.29) is 17.7 Å². The molecule has 0 unspecified atom stereocenters. The summed E-state index contributed by atoms with van der Waals surface area (Å²) in [5.74, 6) is -0.00976. The van der Waals surface area contributed by atoms with Crippen LogP contribution < -0.4 is 4.90 Å². The van der Waals surface area contributed by atoms with Gasteiger partial charge in [-0.25, -0.2) is 0 Å². The van der Waals surface area contributed by atoms with Gasteiger partial charge in [-0.15, -0.1) is 0 Å². The summed E-state index contributed by atoms with van der Waals surface area (Å²) < 4.78 is 0. The molecule has 3 rings (SSSR count). The molecule has 0 aliphatic carbocycles. The normalized spacial score (nSPS) is 15.0. The molecule has 2 amide bonds. The van der Waals surface area contributed by atoms with Crippen molar-refractivity contribution in [1.82, 2.24) is 4.90 Å². The summed E-state index contributed by atoms with van der Waals surface area (Å²) in [5.41, 5.74) is 1.41. The second-order valence-corrected chi connectivity index (χ2v) is 6.69. The first-order chi connectivity index (χ1) is 12.1. The zero-order chi connectivity index (χ0) is 17.8. The lowest BCUT2D eigenvalue weighted by Crippen LogP contribution is -2.43. The molecule has 2 aromatic carbocycles. The van der Waals surface area contributed by atoms with Crippen molar-refractivity contribution in [3.8, 4) is 0 Å². The van der Waals surface area contributed by atoms with Crippen molar-refractivity contribution >= 4 is 29.1 Å². The molecule has 0 saturated carbocycles. The molecule has 0 N–H and O–H groups in total. The van der Waals surface area contributed by atoms with Crippen LogP contribution in [0.25, 0.3) is 0 Å². The molecule has 5 heteroatoms. The van der Waals surface area contributed by atoms with Gasteiger partial charge in [-0.2, -0.15) is 0 Å². The Balaban J connectivity index is 1.61. The Bertz CT molecular complexity index is 755. The zero-order valence-corrected chi connectivity index (χ0v) is 14.9. The first kappa shape index (κ1) is 17.5. The van der Waals surface area contributed by atoms with E-state index in [4.69, 9.17) is 11.6 Å². The number of benzene rings is 2. The minimum atomic E-state index is -0.0621. The van der Waals surface area contributed by atoms with Crippen molar-refractivity contribution in [3.63, 3.8) is 0 Å². The van der Waals surface area contributed by atoms with Gasteiger partial charge in [0.1, 0.15) is 0 Å². The first-order valence-corrected chi connectivity index (χ1v) is 8.82. The standard InChI is InChI=1S/C20H21ClN2O2/c1-22(16-7-3-2-4-8-16)19(24)15-11-13-23(14-12-15)20(25)17-9-5-6-10-18(17)21/h2-10,15H,11-14H2,1H3. The highest BCUT2D eigenvalue weighted by Gasteiger charge is 2.30. The SMILES string of the molecule is CN(C(=O)C1CCN(C(=O)c2ccccc2Cl)CC1)c1ccccc1. The van der Waals surface area contributed by atoms with E-state index in [9.17, 15) is 9.59 Å². The number of nitrogens with zero attached hydrogens (tertiary/aromatic N) is 2. The van der Waals surface area contributed by atoms with Crippen LogP contribution >= 0.6 is 11.6 Å². The summed E-state index contributed by atoms with van der Waals surface area (Å²) >= 11 is 6.12. The highest BCUT2D eigenvalue weighted by atomic mass is 35.5. The Morgan fingerprint density at radius 1 is 1.00 bits per heavy atom. The number of amides is 2. The number of likely N-dealkylation sites (tertiary alicyclic amines) is 1. The lowest BCUT2D eigenvalue weighted by molar-refractivity contribution is -0.123. The van der Waals surface area contributed by atoms with E-state index in [0.29, 0.717) is 36.5 Å². The molecular formula is C20H21ClN2O2. The maximum absolute atomic E-state index is 12.7. The largest absolute Gasteiger partial charge is 0.339 e. The third kappa shape index (κ3) is 3.85. The first-order valence-electron chi connectivity index (χ1n) is 8.44. The van der Waals surface area contributed by atoms with Crippen molar-refractivity contribution in [1.29, 1.82) is 0 Å². The number of hydrogen-bond acceptors (Lipinski definition) is 2. The molecule has 0 spiro atoms. The van der Waals surface area contributed by atoms with E-state index in [1.54, 1.807) is 29.0 Å². The van der Waals surface area contributed by atoms with Crippen LogP contribution in [0, 0.1) is 5.92 Å². The maximum Gasteiger partial charge on any atom is 0.255 e. The molecule has 1 saturated heterocycles. The number of para-hydroxylation sites is 1. The van der Waals surface area contributed by atoms with E-state index in [2.05, 4.69) is 0 Å². The summed E-state index contributed by atoms with van der Waals surface area (Å²) in [6, 6.07) is 16.7. The summed E-state index contributed by atoms with van der Waals surface area (Å²) in [6.07, 6.45) is 1.35. The number of piperidine rings is 1. The Hall–Kier alpha value is -2.33. The van der Waals surface area contributed by atoms with Gasteiger partial charge in [-0.3, -0.25) is 9.59 Å². The fraction of sp³-hybridized carbons (Fsp3) is 0.300. The molecule has 4 nitrogen and oxygen atoms in total. The maximum atomic E-state index is 12.7. The fourth-order valence-corrected chi connectivity index (χ4v) is 3.40. The number of anilines is 1. The molecule has 0 radical (unpaired) electrons. The van der Waals surface area contributed by atoms with Crippen LogP contribution in [0.4, 0.5) is 5.69 Å². The molecule has 0 atom stereocenters. The van der Waals surface area contributed by atoms with Gasteiger partial charge in [0.15, 0.2) is 0 Å². The number of hydrogen-bond donors (Lipinski definition) is 0. The van der Waals surface area contributed by atoms with Gasteiger partial charge in [0, 0.05) is 31.7 Å². The molecule has 1 heterocycles. The minimum Gasteiger partial charge on any atom is -0.339 e. The van der Waals surface area contributed by atoms with Gasteiger partial charge >= 0.3 is 0 Å². The molecule has 0 aromatic heterocycles. The van der Waals surface area contributed by atoms with Gasteiger partial charge in [-0.05, 0) is 37.1 Å². The van der Waals surface area contributed by atoms with Gasteiger partial charge < -0.3 is 9.80 Å². The van der Waals surface area contributed by atoms with Gasteiger partial charge in [0.05, 0.1) is 10.6 Å². The van der Waals surface area contributed by atoms with Crippen molar-refractivity contribution in [2.75, 3.05) is 25.0 Å². The Morgan fingerprint density at radius 3 is 2.24 bits per heavy atom. The van der Waals surface area contributed by atoms with Crippen LogP contribution in [-0.4, -0.2) is 36.9 Å². The van der Waals surface area contributed by atoms with Crippen LogP contribution in [0.2, 0.25) is 5.02 Å². The molecule has 0 bridgehead atoms. The highest BCUT2D eigenvalue weighted by molar-refractivity contribution is 6.33. The molecule has 1 fully saturated rings. The van der Waals surface area contributed by atoms with Gasteiger partial charge in [0.25, 0.3) is 5.91 Å². The number of carbonyl (C=O) groups excluding carboxylic acids is 2. The average molecular weight is 357 g/mol. The van der Waals surface area contributed by atoms with Gasteiger partial charge in [-0.1, -0.05) is 41.9 Å². The predicted octanol–water partition coefficient (Wildman–Crippen LogP) is 3.86. The molecule has 1 aliphatic rings. The van der Waals surface area contributed by atoms with Crippen molar-refractivity contribution in [2.24, 2.45) is 5.92 Å². The smallest absolute Gasteiger partial charge is 0.255 e. The molecule has 2 aromatic rings. The Morgan fingerprint density at radius 2 is 1.60 bits per heavy atom. The predicted molar refractivity (Wildman–Crippen MR) is 99.9 cm³/mol. The minimum absolute atomic E-state index is 0.0551. The van der Waals surface area contributed by atoms with Crippen molar-refractivity contribution < 1.29 is 9.59 Å². The van der Waals surface area contributed by atoms with E-state index in [1.165, 1.54) is 0 Å². The lowest BCUT2D eigenvalue weighted by Gasteiger charge is -2.33. The van der Waals surface area contributed by atoms with Crippen molar-refractivity contribution in [2.45, 2.75) is 12.8 Å². The highest BCUT2D eigenvalue weighted by Crippen LogP contribution is 2.25. The number of halogens is 1. The molecule has 25 heavy (non-hydrogen) atoms. The second kappa shape index (κ2) is 7.70. The van der Waals surface area contributed by atoms with E-state index < -0.39 is 0 Å². The van der Waals surface area contributed by atoms with Crippen LogP contribution in [0.1, 0.15) is 23.2 Å². The van der Waals surface area contributed by atoms with Crippen LogP contribution in [0.5, 0.6) is 0 Å². The summed E-state index contributed by atoms with van der Waals surface area (Å²) in [7, 11) is 1.80. The Kier molecular flexibility index (Phi) is 5.39. The van der Waals surface area contributed by atoms with Crippen molar-refractivity contribution in [3.05, 3.63) is 65.2 Å². The topological polar surface area (TPSA) is 40.6 Å². The second-order valence-electron chi connectivity index (χ2n) is 6.28. The summed E-state index contributed by atoms with van der Waals surface area (Å²) in [5, 5.41) is 0.467. The van der Waals surface area contributed by atoms with E-state index in [1.807, 2.05) is 42.5 Å². The third-order valence-electron chi connectivity index (χ3n) is 4.71. The number of carbonyl (C=O) groups is 2. The van der Waals surface area contributed by atoms with Crippen LogP contribution in [0.15, 0.2) is 54.6 Å². The Labute approximate surface area is 153 Å². The van der Waals surface area contributed by atoms with Gasteiger partial charge in [0.2, 0.25) is 5.91 Å². The molecular weight excluding hydrogens is 336 g/mol. The summed E-state index contributed by atoms with van der Waals surface area (Å²) in [4.78, 5) is 28.8. The van der Waals surface area contributed by atoms with E-state index >= 15 is 0 Å². The molecule has 130 valence electrons. The monoisotopic (exact) mass is 356 g/mol. The fourth-order valence-electron chi connectivity index (χ4n) is 3.19.